The second kappa shape index (κ2) is 6.87. The first-order valence-corrected chi connectivity index (χ1v) is 7.64. The van der Waals surface area contributed by atoms with Crippen molar-refractivity contribution in [1.82, 2.24) is 9.97 Å². The molecule has 0 unspecified atom stereocenters. The topological polar surface area (TPSA) is 47.5 Å². The molecule has 0 aliphatic carbocycles. The van der Waals surface area contributed by atoms with E-state index in [9.17, 15) is 0 Å². The molecular weight excluding hydrogens is 334 g/mol. The van der Waals surface area contributed by atoms with Gasteiger partial charge in [-0.3, -0.25) is 0 Å². The normalized spacial score (nSPS) is 15.0. The molecule has 0 radical (unpaired) electrons. The van der Waals surface area contributed by atoms with E-state index in [2.05, 4.69) is 30.8 Å². The summed E-state index contributed by atoms with van der Waals surface area (Å²) in [7, 11) is 0. The van der Waals surface area contributed by atoms with E-state index >= 15 is 0 Å². The number of rotatable bonds is 4. The molecule has 1 aromatic carbocycles. The first-order valence-electron chi connectivity index (χ1n) is 6.85. The standard InChI is InChI=1S/C15H16BrN3O2/c16-13-10-17-15(19-6-8-20-9-7-19)18-14(13)21-11-12-4-2-1-3-5-12/h1-5,10H,6-9,11H2. The summed E-state index contributed by atoms with van der Waals surface area (Å²) in [5.74, 6) is 1.25. The van der Waals surface area contributed by atoms with Crippen LogP contribution in [0.5, 0.6) is 5.88 Å². The highest BCUT2D eigenvalue weighted by atomic mass is 79.9. The summed E-state index contributed by atoms with van der Waals surface area (Å²) in [6, 6.07) is 10.0. The third-order valence-corrected chi connectivity index (χ3v) is 3.76. The summed E-state index contributed by atoms with van der Waals surface area (Å²) in [6.07, 6.45) is 1.73. The molecule has 0 atom stereocenters. The second-order valence-corrected chi connectivity index (χ2v) is 5.55. The summed E-state index contributed by atoms with van der Waals surface area (Å²) in [5.41, 5.74) is 1.11. The molecule has 0 spiro atoms. The van der Waals surface area contributed by atoms with Crippen molar-refractivity contribution < 1.29 is 9.47 Å². The zero-order valence-electron chi connectivity index (χ0n) is 11.5. The van der Waals surface area contributed by atoms with Crippen LogP contribution in [0.4, 0.5) is 5.95 Å². The van der Waals surface area contributed by atoms with Crippen molar-refractivity contribution in [2.75, 3.05) is 31.2 Å². The molecule has 1 aliphatic heterocycles. The maximum atomic E-state index is 5.80. The molecular formula is C15H16BrN3O2. The van der Waals surface area contributed by atoms with E-state index in [1.54, 1.807) is 6.20 Å². The Morgan fingerprint density at radius 3 is 2.71 bits per heavy atom. The van der Waals surface area contributed by atoms with Gasteiger partial charge in [-0.2, -0.15) is 4.98 Å². The van der Waals surface area contributed by atoms with Gasteiger partial charge in [0, 0.05) is 13.1 Å². The number of aromatic nitrogens is 2. The summed E-state index contributed by atoms with van der Waals surface area (Å²) in [4.78, 5) is 11.0. The third-order valence-electron chi connectivity index (χ3n) is 3.21. The molecule has 0 bridgehead atoms. The lowest BCUT2D eigenvalue weighted by molar-refractivity contribution is 0.122. The minimum absolute atomic E-state index is 0.485. The first-order chi connectivity index (χ1) is 10.3. The molecule has 3 rings (SSSR count). The molecule has 2 heterocycles. The lowest BCUT2D eigenvalue weighted by atomic mass is 10.2. The summed E-state index contributed by atoms with van der Waals surface area (Å²) in [5, 5.41) is 0. The van der Waals surface area contributed by atoms with Gasteiger partial charge in [-0.25, -0.2) is 4.98 Å². The highest BCUT2D eigenvalue weighted by molar-refractivity contribution is 9.10. The van der Waals surface area contributed by atoms with Gasteiger partial charge >= 0.3 is 0 Å². The van der Waals surface area contributed by atoms with Crippen LogP contribution < -0.4 is 9.64 Å². The number of ether oxygens (including phenoxy) is 2. The van der Waals surface area contributed by atoms with Crippen molar-refractivity contribution in [3.8, 4) is 5.88 Å². The van der Waals surface area contributed by atoms with Gasteiger partial charge in [0.1, 0.15) is 6.61 Å². The minimum Gasteiger partial charge on any atom is -0.472 e. The molecule has 0 saturated carbocycles. The van der Waals surface area contributed by atoms with Crippen molar-refractivity contribution in [3.05, 3.63) is 46.6 Å². The number of hydrogen-bond acceptors (Lipinski definition) is 5. The van der Waals surface area contributed by atoms with Crippen molar-refractivity contribution in [2.45, 2.75) is 6.61 Å². The van der Waals surface area contributed by atoms with Gasteiger partial charge in [-0.1, -0.05) is 30.3 Å². The van der Waals surface area contributed by atoms with Gasteiger partial charge in [0.2, 0.25) is 11.8 Å². The zero-order chi connectivity index (χ0) is 14.5. The van der Waals surface area contributed by atoms with Crippen LogP contribution >= 0.6 is 15.9 Å². The number of anilines is 1. The lowest BCUT2D eigenvalue weighted by Gasteiger charge is -2.26. The molecule has 6 heteroatoms. The quantitative estimate of drug-likeness (QED) is 0.849. The van der Waals surface area contributed by atoms with Crippen LogP contribution in [0.1, 0.15) is 5.56 Å². The van der Waals surface area contributed by atoms with Crippen molar-refractivity contribution in [3.63, 3.8) is 0 Å². The Bertz CT molecular complexity index is 589. The van der Waals surface area contributed by atoms with E-state index in [0.29, 0.717) is 31.6 Å². The second-order valence-electron chi connectivity index (χ2n) is 4.70. The van der Waals surface area contributed by atoms with Crippen LogP contribution in [-0.4, -0.2) is 36.3 Å². The number of morpholine rings is 1. The molecule has 1 aliphatic rings. The largest absolute Gasteiger partial charge is 0.472 e. The predicted octanol–water partition coefficient (Wildman–Crippen LogP) is 2.65. The Morgan fingerprint density at radius 2 is 1.95 bits per heavy atom. The molecule has 1 fully saturated rings. The monoisotopic (exact) mass is 349 g/mol. The summed E-state index contributed by atoms with van der Waals surface area (Å²) in [6.45, 7) is 3.51. The minimum atomic E-state index is 0.485. The smallest absolute Gasteiger partial charge is 0.233 e. The van der Waals surface area contributed by atoms with Crippen LogP contribution in [-0.2, 0) is 11.3 Å². The lowest BCUT2D eigenvalue weighted by Crippen LogP contribution is -2.37. The molecule has 1 saturated heterocycles. The van der Waals surface area contributed by atoms with Gasteiger partial charge in [0.15, 0.2) is 0 Å². The number of hydrogen-bond donors (Lipinski definition) is 0. The van der Waals surface area contributed by atoms with Crippen LogP contribution in [0.3, 0.4) is 0 Å². The number of benzene rings is 1. The van der Waals surface area contributed by atoms with E-state index in [1.165, 1.54) is 0 Å². The Kier molecular flexibility index (Phi) is 4.67. The summed E-state index contributed by atoms with van der Waals surface area (Å²) < 4.78 is 11.9. The Labute approximate surface area is 132 Å². The van der Waals surface area contributed by atoms with Crippen molar-refractivity contribution in [1.29, 1.82) is 0 Å². The SMILES string of the molecule is Brc1cnc(N2CCOCC2)nc1OCc1ccccc1. The Balaban J connectivity index is 1.72. The van der Waals surface area contributed by atoms with Gasteiger partial charge in [-0.05, 0) is 21.5 Å². The van der Waals surface area contributed by atoms with Crippen LogP contribution in [0.15, 0.2) is 41.0 Å². The van der Waals surface area contributed by atoms with Crippen molar-refractivity contribution >= 4 is 21.9 Å². The molecule has 110 valence electrons. The van der Waals surface area contributed by atoms with E-state index in [-0.39, 0.29) is 0 Å². The first kappa shape index (κ1) is 14.3. The molecule has 1 aromatic heterocycles. The number of nitrogens with zero attached hydrogens (tertiary/aromatic N) is 3. The van der Waals surface area contributed by atoms with E-state index < -0.39 is 0 Å². The van der Waals surface area contributed by atoms with E-state index in [1.807, 2.05) is 30.3 Å². The van der Waals surface area contributed by atoms with Gasteiger partial charge in [0.05, 0.1) is 23.9 Å². The third kappa shape index (κ3) is 3.71. The molecule has 0 amide bonds. The molecule has 5 nitrogen and oxygen atoms in total. The van der Waals surface area contributed by atoms with Crippen LogP contribution in [0.25, 0.3) is 0 Å². The fourth-order valence-electron chi connectivity index (χ4n) is 2.09. The predicted molar refractivity (Wildman–Crippen MR) is 83.5 cm³/mol. The van der Waals surface area contributed by atoms with Gasteiger partial charge in [0.25, 0.3) is 0 Å². The maximum absolute atomic E-state index is 5.80. The highest BCUT2D eigenvalue weighted by Crippen LogP contribution is 2.25. The average molecular weight is 350 g/mol. The Morgan fingerprint density at radius 1 is 1.19 bits per heavy atom. The number of halogens is 1. The maximum Gasteiger partial charge on any atom is 0.233 e. The van der Waals surface area contributed by atoms with E-state index in [4.69, 9.17) is 9.47 Å². The van der Waals surface area contributed by atoms with Gasteiger partial charge in [-0.15, -0.1) is 0 Å². The molecule has 0 N–H and O–H groups in total. The molecule has 2 aromatic rings. The van der Waals surface area contributed by atoms with Crippen molar-refractivity contribution in [2.24, 2.45) is 0 Å². The highest BCUT2D eigenvalue weighted by Gasteiger charge is 2.16. The van der Waals surface area contributed by atoms with Gasteiger partial charge < -0.3 is 14.4 Å². The fraction of sp³-hybridized carbons (Fsp3) is 0.333. The van der Waals surface area contributed by atoms with E-state index in [0.717, 1.165) is 23.1 Å². The zero-order valence-corrected chi connectivity index (χ0v) is 13.1. The summed E-state index contributed by atoms with van der Waals surface area (Å²) >= 11 is 3.43. The fourth-order valence-corrected chi connectivity index (χ4v) is 2.39. The average Bonchev–Trinajstić information content (AvgIpc) is 2.56. The molecule has 21 heavy (non-hydrogen) atoms. The Hall–Kier alpha value is -1.66. The van der Waals surface area contributed by atoms with Crippen LogP contribution in [0, 0.1) is 0 Å². The van der Waals surface area contributed by atoms with Crippen LogP contribution in [0.2, 0.25) is 0 Å².